The molecule has 3 N–H and O–H groups in total. The SMILES string of the molecule is CCOc1ccccc1OC(CO)C(N)CC(C)C. The molecule has 4 heteroatoms. The first-order valence-electron chi connectivity index (χ1n) is 6.83. The highest BCUT2D eigenvalue weighted by atomic mass is 16.5. The molecule has 0 radical (unpaired) electrons. The lowest BCUT2D eigenvalue weighted by Gasteiger charge is -2.25. The predicted octanol–water partition coefficient (Wildman–Crippen LogP) is 2.20. The Labute approximate surface area is 115 Å². The molecule has 0 fully saturated rings. The summed E-state index contributed by atoms with van der Waals surface area (Å²) in [5.74, 6) is 1.78. The van der Waals surface area contributed by atoms with Gasteiger partial charge >= 0.3 is 0 Å². The molecule has 0 aliphatic heterocycles. The second-order valence-corrected chi connectivity index (χ2v) is 5.01. The van der Waals surface area contributed by atoms with Gasteiger partial charge in [0.15, 0.2) is 11.5 Å². The molecule has 19 heavy (non-hydrogen) atoms. The molecule has 0 aliphatic rings. The minimum Gasteiger partial charge on any atom is -0.490 e. The summed E-state index contributed by atoms with van der Waals surface area (Å²) >= 11 is 0. The monoisotopic (exact) mass is 267 g/mol. The van der Waals surface area contributed by atoms with Gasteiger partial charge in [-0.25, -0.2) is 0 Å². The second kappa shape index (κ2) is 8.02. The Hall–Kier alpha value is -1.26. The van der Waals surface area contributed by atoms with Gasteiger partial charge in [-0.2, -0.15) is 0 Å². The quantitative estimate of drug-likeness (QED) is 0.758. The van der Waals surface area contributed by atoms with E-state index in [1.165, 1.54) is 0 Å². The van der Waals surface area contributed by atoms with Gasteiger partial charge in [-0.1, -0.05) is 26.0 Å². The zero-order valence-corrected chi connectivity index (χ0v) is 12.0. The van der Waals surface area contributed by atoms with Gasteiger partial charge in [-0.05, 0) is 31.4 Å². The minimum atomic E-state index is -0.413. The van der Waals surface area contributed by atoms with Gasteiger partial charge in [0.2, 0.25) is 0 Å². The van der Waals surface area contributed by atoms with E-state index < -0.39 is 6.10 Å². The summed E-state index contributed by atoms with van der Waals surface area (Å²) in [4.78, 5) is 0. The largest absolute Gasteiger partial charge is 0.490 e. The summed E-state index contributed by atoms with van der Waals surface area (Å²) < 4.78 is 11.3. The molecule has 1 aromatic rings. The number of benzene rings is 1. The van der Waals surface area contributed by atoms with Crippen molar-refractivity contribution in [3.63, 3.8) is 0 Å². The van der Waals surface area contributed by atoms with Gasteiger partial charge in [-0.3, -0.25) is 0 Å². The molecule has 2 atom stereocenters. The number of nitrogens with two attached hydrogens (primary N) is 1. The predicted molar refractivity (Wildman–Crippen MR) is 76.5 cm³/mol. The number of hydrogen-bond donors (Lipinski definition) is 2. The van der Waals surface area contributed by atoms with Crippen LogP contribution in [0.4, 0.5) is 0 Å². The number of aliphatic hydroxyl groups is 1. The van der Waals surface area contributed by atoms with Crippen LogP contribution in [0.15, 0.2) is 24.3 Å². The average Bonchev–Trinajstić information content (AvgIpc) is 2.37. The van der Waals surface area contributed by atoms with Gasteiger partial charge < -0.3 is 20.3 Å². The van der Waals surface area contributed by atoms with Crippen LogP contribution in [-0.2, 0) is 0 Å². The number of hydrogen-bond acceptors (Lipinski definition) is 4. The van der Waals surface area contributed by atoms with Gasteiger partial charge in [0.25, 0.3) is 0 Å². The van der Waals surface area contributed by atoms with Crippen LogP contribution in [0, 0.1) is 5.92 Å². The Morgan fingerprint density at radius 2 is 1.84 bits per heavy atom. The molecule has 0 spiro atoms. The van der Waals surface area contributed by atoms with Crippen molar-refractivity contribution in [2.24, 2.45) is 11.7 Å². The molecular weight excluding hydrogens is 242 g/mol. The summed E-state index contributed by atoms with van der Waals surface area (Å²) in [7, 11) is 0. The summed E-state index contributed by atoms with van der Waals surface area (Å²) in [5.41, 5.74) is 6.08. The van der Waals surface area contributed by atoms with Crippen molar-refractivity contribution < 1.29 is 14.6 Å². The van der Waals surface area contributed by atoms with E-state index in [1.54, 1.807) is 0 Å². The molecule has 0 bridgehead atoms. The second-order valence-electron chi connectivity index (χ2n) is 5.01. The fourth-order valence-electron chi connectivity index (χ4n) is 1.94. The minimum absolute atomic E-state index is 0.103. The average molecular weight is 267 g/mol. The van der Waals surface area contributed by atoms with E-state index in [4.69, 9.17) is 15.2 Å². The first kappa shape index (κ1) is 15.8. The highest BCUT2D eigenvalue weighted by molar-refractivity contribution is 5.39. The zero-order chi connectivity index (χ0) is 14.3. The highest BCUT2D eigenvalue weighted by Crippen LogP contribution is 2.28. The maximum Gasteiger partial charge on any atom is 0.161 e. The summed E-state index contributed by atoms with van der Waals surface area (Å²) in [6.45, 7) is 6.59. The van der Waals surface area contributed by atoms with Gasteiger partial charge in [0.05, 0.1) is 13.2 Å². The number of aliphatic hydroxyl groups excluding tert-OH is 1. The van der Waals surface area contributed by atoms with Crippen LogP contribution in [0.3, 0.4) is 0 Å². The van der Waals surface area contributed by atoms with Crippen LogP contribution >= 0.6 is 0 Å². The van der Waals surface area contributed by atoms with E-state index in [0.29, 0.717) is 24.0 Å². The van der Waals surface area contributed by atoms with Gasteiger partial charge in [0.1, 0.15) is 6.10 Å². The van der Waals surface area contributed by atoms with Crippen LogP contribution in [0.2, 0.25) is 0 Å². The first-order chi connectivity index (χ1) is 9.08. The third-order valence-electron chi connectivity index (χ3n) is 2.83. The summed E-state index contributed by atoms with van der Waals surface area (Å²) in [6.07, 6.45) is 0.395. The van der Waals surface area contributed by atoms with E-state index in [-0.39, 0.29) is 12.6 Å². The van der Waals surface area contributed by atoms with Crippen LogP contribution in [-0.4, -0.2) is 30.5 Å². The van der Waals surface area contributed by atoms with Gasteiger partial charge in [0, 0.05) is 6.04 Å². The summed E-state index contributed by atoms with van der Waals surface area (Å²) in [5, 5.41) is 9.45. The Morgan fingerprint density at radius 3 is 2.37 bits per heavy atom. The van der Waals surface area contributed by atoms with Gasteiger partial charge in [-0.15, -0.1) is 0 Å². The molecule has 1 rings (SSSR count). The lowest BCUT2D eigenvalue weighted by Crippen LogP contribution is -2.42. The molecule has 0 saturated carbocycles. The molecule has 108 valence electrons. The Morgan fingerprint density at radius 1 is 1.21 bits per heavy atom. The van der Waals surface area contributed by atoms with Crippen LogP contribution in [0.5, 0.6) is 11.5 Å². The fourth-order valence-corrected chi connectivity index (χ4v) is 1.94. The molecule has 0 heterocycles. The van der Waals surface area contributed by atoms with Crippen molar-refractivity contribution in [2.45, 2.75) is 39.3 Å². The van der Waals surface area contributed by atoms with Crippen molar-refractivity contribution >= 4 is 0 Å². The maximum absolute atomic E-state index is 9.45. The van der Waals surface area contributed by atoms with Crippen molar-refractivity contribution in [1.29, 1.82) is 0 Å². The third kappa shape index (κ3) is 5.09. The van der Waals surface area contributed by atoms with Crippen molar-refractivity contribution in [1.82, 2.24) is 0 Å². The molecule has 2 unspecified atom stereocenters. The van der Waals surface area contributed by atoms with Crippen LogP contribution in [0.1, 0.15) is 27.2 Å². The standard InChI is InChI=1S/C15H25NO3/c1-4-18-13-7-5-6-8-14(13)19-15(10-17)12(16)9-11(2)3/h5-8,11-12,15,17H,4,9-10,16H2,1-3H3. The number of ether oxygens (including phenoxy) is 2. The normalized spacial score (nSPS) is 14.2. The number of rotatable bonds is 8. The summed E-state index contributed by atoms with van der Waals surface area (Å²) in [6, 6.07) is 7.25. The Kier molecular flexibility index (Phi) is 6.67. The number of para-hydroxylation sites is 2. The van der Waals surface area contributed by atoms with E-state index in [1.807, 2.05) is 31.2 Å². The van der Waals surface area contributed by atoms with Crippen molar-refractivity contribution in [2.75, 3.05) is 13.2 Å². The molecule has 0 saturated heterocycles. The Bertz CT molecular complexity index is 368. The molecule has 0 amide bonds. The lowest BCUT2D eigenvalue weighted by molar-refractivity contribution is 0.0849. The van der Waals surface area contributed by atoms with E-state index in [2.05, 4.69) is 13.8 Å². The van der Waals surface area contributed by atoms with E-state index in [9.17, 15) is 5.11 Å². The zero-order valence-electron chi connectivity index (χ0n) is 12.0. The Balaban J connectivity index is 2.74. The topological polar surface area (TPSA) is 64.7 Å². The van der Waals surface area contributed by atoms with Crippen LogP contribution < -0.4 is 15.2 Å². The lowest BCUT2D eigenvalue weighted by atomic mass is 10.0. The smallest absolute Gasteiger partial charge is 0.161 e. The van der Waals surface area contributed by atoms with Crippen molar-refractivity contribution in [3.8, 4) is 11.5 Å². The van der Waals surface area contributed by atoms with Crippen LogP contribution in [0.25, 0.3) is 0 Å². The third-order valence-corrected chi connectivity index (χ3v) is 2.83. The molecule has 1 aromatic carbocycles. The first-order valence-corrected chi connectivity index (χ1v) is 6.83. The molecule has 0 aromatic heterocycles. The molecule has 4 nitrogen and oxygen atoms in total. The maximum atomic E-state index is 9.45. The van der Waals surface area contributed by atoms with E-state index in [0.717, 1.165) is 6.42 Å². The molecule has 0 aliphatic carbocycles. The molecular formula is C15H25NO3. The highest BCUT2D eigenvalue weighted by Gasteiger charge is 2.21. The van der Waals surface area contributed by atoms with Crippen molar-refractivity contribution in [3.05, 3.63) is 24.3 Å². The fraction of sp³-hybridized carbons (Fsp3) is 0.600. The van der Waals surface area contributed by atoms with E-state index >= 15 is 0 Å².